The molecule has 3 aromatic carbocycles. The van der Waals surface area contributed by atoms with Crippen molar-refractivity contribution < 1.29 is 14.3 Å². The first-order chi connectivity index (χ1) is 13.0. The van der Waals surface area contributed by atoms with E-state index in [1.807, 2.05) is 68.4 Å². The quantitative estimate of drug-likeness (QED) is 0.514. The lowest BCUT2D eigenvalue weighted by molar-refractivity contribution is -0.139. The highest BCUT2D eigenvalue weighted by molar-refractivity contribution is 6.06. The number of benzene rings is 3. The predicted octanol–water partition coefficient (Wildman–Crippen LogP) is 4.42. The average Bonchev–Trinajstić information content (AvgIpc) is 3.06. The molecule has 1 aliphatic heterocycles. The summed E-state index contributed by atoms with van der Waals surface area (Å²) < 4.78 is 5.54. The van der Waals surface area contributed by atoms with Crippen molar-refractivity contribution >= 4 is 28.3 Å². The summed E-state index contributed by atoms with van der Waals surface area (Å²) in [4.78, 5) is 26.9. The van der Waals surface area contributed by atoms with E-state index in [-0.39, 0.29) is 18.3 Å². The van der Waals surface area contributed by atoms with Gasteiger partial charge in [0.1, 0.15) is 5.75 Å². The lowest BCUT2D eigenvalue weighted by Crippen LogP contribution is -2.27. The monoisotopic (exact) mass is 359 g/mol. The van der Waals surface area contributed by atoms with Crippen molar-refractivity contribution in [1.82, 2.24) is 0 Å². The highest BCUT2D eigenvalue weighted by atomic mass is 16.5. The summed E-state index contributed by atoms with van der Waals surface area (Å²) in [6.07, 6.45) is 0.174. The Morgan fingerprint density at radius 3 is 2.59 bits per heavy atom. The van der Waals surface area contributed by atoms with Gasteiger partial charge in [-0.3, -0.25) is 9.59 Å². The predicted molar refractivity (Wildman–Crippen MR) is 106 cm³/mol. The number of ether oxygens (including phenoxy) is 1. The summed E-state index contributed by atoms with van der Waals surface area (Å²) in [7, 11) is 0. The molecule has 1 fully saturated rings. The van der Waals surface area contributed by atoms with Crippen LogP contribution in [0.3, 0.4) is 0 Å². The Morgan fingerprint density at radius 1 is 1.00 bits per heavy atom. The van der Waals surface area contributed by atoms with E-state index in [1.54, 1.807) is 11.0 Å². The molecule has 1 amide bonds. The molecule has 0 N–H and O–H groups in total. The SMILES string of the molecule is Cc1ccc(OC(=O)[C@@H]2CC(=O)N(c3cccc4ccccc34)C2)cc1C. The van der Waals surface area contributed by atoms with Crippen LogP contribution in [0.2, 0.25) is 0 Å². The van der Waals surface area contributed by atoms with E-state index in [0.717, 1.165) is 27.6 Å². The highest BCUT2D eigenvalue weighted by Crippen LogP contribution is 2.32. The molecule has 0 aromatic heterocycles. The number of carbonyl (C=O) groups excluding carboxylic acids is 2. The lowest BCUT2D eigenvalue weighted by atomic mass is 10.1. The zero-order chi connectivity index (χ0) is 19.0. The normalized spacial score (nSPS) is 16.7. The Hall–Kier alpha value is -3.14. The van der Waals surface area contributed by atoms with Crippen molar-refractivity contribution in [2.45, 2.75) is 20.3 Å². The number of nitrogens with zero attached hydrogens (tertiary/aromatic N) is 1. The minimum Gasteiger partial charge on any atom is -0.426 e. The fraction of sp³-hybridized carbons (Fsp3) is 0.217. The van der Waals surface area contributed by atoms with Gasteiger partial charge in [0.05, 0.1) is 11.6 Å². The van der Waals surface area contributed by atoms with Gasteiger partial charge in [0.15, 0.2) is 0 Å². The van der Waals surface area contributed by atoms with E-state index < -0.39 is 5.92 Å². The van der Waals surface area contributed by atoms with E-state index in [0.29, 0.717) is 12.3 Å². The number of amides is 1. The minimum atomic E-state index is -0.460. The van der Waals surface area contributed by atoms with Gasteiger partial charge in [-0.15, -0.1) is 0 Å². The molecule has 0 bridgehead atoms. The van der Waals surface area contributed by atoms with Gasteiger partial charge in [0, 0.05) is 18.4 Å². The zero-order valence-corrected chi connectivity index (χ0v) is 15.4. The number of hydrogen-bond donors (Lipinski definition) is 0. The molecule has 0 spiro atoms. The fourth-order valence-electron chi connectivity index (χ4n) is 3.52. The number of aryl methyl sites for hydroxylation is 2. The summed E-state index contributed by atoms with van der Waals surface area (Å²) in [5.41, 5.74) is 3.06. The maximum atomic E-state index is 12.6. The Labute approximate surface area is 158 Å². The number of rotatable bonds is 3. The fourth-order valence-corrected chi connectivity index (χ4v) is 3.52. The first kappa shape index (κ1) is 17.3. The topological polar surface area (TPSA) is 46.6 Å². The summed E-state index contributed by atoms with van der Waals surface area (Å²) >= 11 is 0. The average molecular weight is 359 g/mol. The van der Waals surface area contributed by atoms with Gasteiger partial charge in [-0.2, -0.15) is 0 Å². The van der Waals surface area contributed by atoms with Gasteiger partial charge < -0.3 is 9.64 Å². The molecule has 0 aliphatic carbocycles. The zero-order valence-electron chi connectivity index (χ0n) is 15.4. The number of anilines is 1. The summed E-state index contributed by atoms with van der Waals surface area (Å²) in [6.45, 7) is 4.34. The van der Waals surface area contributed by atoms with Gasteiger partial charge in [0.2, 0.25) is 5.91 Å². The molecule has 1 aliphatic rings. The maximum absolute atomic E-state index is 12.6. The molecule has 0 saturated carbocycles. The van der Waals surface area contributed by atoms with Crippen LogP contribution < -0.4 is 9.64 Å². The second kappa shape index (κ2) is 6.88. The number of esters is 1. The number of carbonyl (C=O) groups is 2. The molecule has 0 radical (unpaired) electrons. The van der Waals surface area contributed by atoms with Crippen molar-refractivity contribution in [2.24, 2.45) is 5.92 Å². The largest absolute Gasteiger partial charge is 0.426 e. The van der Waals surface area contributed by atoms with Crippen LogP contribution in [0.1, 0.15) is 17.5 Å². The van der Waals surface area contributed by atoms with Crippen LogP contribution in [0.15, 0.2) is 60.7 Å². The van der Waals surface area contributed by atoms with Gasteiger partial charge in [-0.25, -0.2) is 0 Å². The van der Waals surface area contributed by atoms with Crippen LogP contribution in [0.25, 0.3) is 10.8 Å². The lowest BCUT2D eigenvalue weighted by Gasteiger charge is -2.19. The molecule has 0 unspecified atom stereocenters. The van der Waals surface area contributed by atoms with Crippen molar-refractivity contribution in [3.8, 4) is 5.75 Å². The Bertz CT molecular complexity index is 1040. The van der Waals surface area contributed by atoms with Crippen LogP contribution in [-0.4, -0.2) is 18.4 Å². The second-order valence-corrected chi connectivity index (χ2v) is 7.07. The third-order valence-corrected chi connectivity index (χ3v) is 5.21. The summed E-state index contributed by atoms with van der Waals surface area (Å²) in [5, 5.41) is 2.08. The molecule has 1 atom stereocenters. The third kappa shape index (κ3) is 3.31. The Balaban J connectivity index is 1.55. The maximum Gasteiger partial charge on any atom is 0.316 e. The Morgan fingerprint density at radius 2 is 1.78 bits per heavy atom. The standard InChI is InChI=1S/C23H21NO3/c1-15-10-11-19(12-16(15)2)27-23(26)18-13-22(25)24(14-18)21-9-5-7-17-6-3-4-8-20(17)21/h3-12,18H,13-14H2,1-2H3/t18-/m1/s1. The van der Waals surface area contributed by atoms with Gasteiger partial charge in [0.25, 0.3) is 0 Å². The van der Waals surface area contributed by atoms with Crippen molar-refractivity contribution in [1.29, 1.82) is 0 Å². The smallest absolute Gasteiger partial charge is 0.316 e. The van der Waals surface area contributed by atoms with Gasteiger partial charge in [-0.05, 0) is 48.6 Å². The van der Waals surface area contributed by atoms with Crippen LogP contribution in [-0.2, 0) is 9.59 Å². The molecule has 3 aromatic rings. The molecule has 27 heavy (non-hydrogen) atoms. The molecule has 4 rings (SSSR count). The van der Waals surface area contributed by atoms with Gasteiger partial charge >= 0.3 is 5.97 Å². The van der Waals surface area contributed by atoms with Crippen LogP contribution in [0.5, 0.6) is 5.75 Å². The van der Waals surface area contributed by atoms with Crippen LogP contribution >= 0.6 is 0 Å². The molecule has 1 saturated heterocycles. The summed E-state index contributed by atoms with van der Waals surface area (Å²) in [5.74, 6) is -0.333. The van der Waals surface area contributed by atoms with E-state index >= 15 is 0 Å². The first-order valence-electron chi connectivity index (χ1n) is 9.10. The van der Waals surface area contributed by atoms with Crippen molar-refractivity contribution in [3.63, 3.8) is 0 Å². The van der Waals surface area contributed by atoms with E-state index in [1.165, 1.54) is 0 Å². The van der Waals surface area contributed by atoms with Crippen molar-refractivity contribution in [3.05, 3.63) is 71.8 Å². The number of hydrogen-bond acceptors (Lipinski definition) is 3. The minimum absolute atomic E-state index is 0.0478. The van der Waals surface area contributed by atoms with Crippen LogP contribution in [0.4, 0.5) is 5.69 Å². The third-order valence-electron chi connectivity index (χ3n) is 5.21. The first-order valence-corrected chi connectivity index (χ1v) is 9.10. The summed E-state index contributed by atoms with van der Waals surface area (Å²) in [6, 6.07) is 19.4. The van der Waals surface area contributed by atoms with E-state index in [2.05, 4.69) is 0 Å². The van der Waals surface area contributed by atoms with Crippen molar-refractivity contribution in [2.75, 3.05) is 11.4 Å². The molecular weight excluding hydrogens is 338 g/mol. The Kier molecular flexibility index (Phi) is 4.40. The number of fused-ring (bicyclic) bond motifs is 1. The molecule has 4 heteroatoms. The second-order valence-electron chi connectivity index (χ2n) is 7.07. The molecule has 136 valence electrons. The van der Waals surface area contributed by atoms with Gasteiger partial charge in [-0.1, -0.05) is 42.5 Å². The molecular formula is C23H21NO3. The molecule has 1 heterocycles. The molecule has 4 nitrogen and oxygen atoms in total. The highest BCUT2D eigenvalue weighted by Gasteiger charge is 2.37. The van der Waals surface area contributed by atoms with E-state index in [9.17, 15) is 9.59 Å². The van der Waals surface area contributed by atoms with E-state index in [4.69, 9.17) is 4.74 Å². The van der Waals surface area contributed by atoms with Crippen LogP contribution in [0, 0.1) is 19.8 Å².